The molecular weight excluding hydrogens is 204 g/mol. The van der Waals surface area contributed by atoms with Crippen molar-refractivity contribution in [2.75, 3.05) is 0 Å². The van der Waals surface area contributed by atoms with E-state index in [0.29, 0.717) is 18.2 Å². The van der Waals surface area contributed by atoms with Crippen molar-refractivity contribution >= 4 is 0 Å². The van der Waals surface area contributed by atoms with Crippen LogP contribution in [-0.4, -0.2) is 21.4 Å². The first-order chi connectivity index (χ1) is 7.79. The topological polar surface area (TPSA) is 59.2 Å². The lowest BCUT2D eigenvalue weighted by Gasteiger charge is -2.14. The third kappa shape index (κ3) is 2.82. The summed E-state index contributed by atoms with van der Waals surface area (Å²) in [5.74, 6) is 1.78. The molecular formula is C12H20N2O2. The Labute approximate surface area is 96.1 Å². The van der Waals surface area contributed by atoms with Crippen molar-refractivity contribution in [3.8, 4) is 0 Å². The molecule has 0 aliphatic heterocycles. The second-order valence-corrected chi connectivity index (χ2v) is 4.67. The molecule has 4 nitrogen and oxygen atoms in total. The lowest BCUT2D eigenvalue weighted by Crippen LogP contribution is -2.20. The van der Waals surface area contributed by atoms with Crippen LogP contribution in [0.4, 0.5) is 0 Å². The van der Waals surface area contributed by atoms with E-state index in [1.807, 2.05) is 0 Å². The average Bonchev–Trinajstić information content (AvgIpc) is 2.89. The van der Waals surface area contributed by atoms with E-state index >= 15 is 0 Å². The maximum Gasteiger partial charge on any atom is 0.229 e. The number of hydrogen-bond acceptors (Lipinski definition) is 4. The quantitative estimate of drug-likeness (QED) is 0.832. The number of aryl methyl sites for hydroxylation is 1. The first-order valence-corrected chi connectivity index (χ1v) is 6.29. The van der Waals surface area contributed by atoms with Crippen LogP contribution >= 0.6 is 0 Å². The molecule has 0 radical (unpaired) electrons. The summed E-state index contributed by atoms with van der Waals surface area (Å²) < 4.78 is 5.13. The van der Waals surface area contributed by atoms with Crippen LogP contribution in [0.5, 0.6) is 0 Å². The van der Waals surface area contributed by atoms with Gasteiger partial charge in [-0.25, -0.2) is 0 Å². The molecule has 0 bridgehead atoms. The number of rotatable bonds is 5. The van der Waals surface area contributed by atoms with Crippen molar-refractivity contribution in [1.29, 1.82) is 0 Å². The Hall–Kier alpha value is -0.900. The summed E-state index contributed by atoms with van der Waals surface area (Å²) in [7, 11) is 0. The highest BCUT2D eigenvalue weighted by atomic mass is 16.5. The number of aliphatic hydroxyl groups excluding tert-OH is 1. The van der Waals surface area contributed by atoms with E-state index in [2.05, 4.69) is 17.1 Å². The fourth-order valence-corrected chi connectivity index (χ4v) is 2.39. The van der Waals surface area contributed by atoms with Gasteiger partial charge in [0.1, 0.15) is 0 Å². The fourth-order valence-electron chi connectivity index (χ4n) is 2.39. The minimum absolute atomic E-state index is 0.308. The summed E-state index contributed by atoms with van der Waals surface area (Å²) in [6.07, 6.45) is 6.83. The Bertz CT molecular complexity index is 319. The maximum atomic E-state index is 10.0. The summed E-state index contributed by atoms with van der Waals surface area (Å²) in [5, 5.41) is 13.9. The SMILES string of the molecule is CCCc1noc(CC(O)C2CCCC2)n1. The summed E-state index contributed by atoms with van der Waals surface area (Å²) in [6.45, 7) is 2.09. The molecule has 1 atom stereocenters. The summed E-state index contributed by atoms with van der Waals surface area (Å²) >= 11 is 0. The average molecular weight is 224 g/mol. The van der Waals surface area contributed by atoms with Gasteiger partial charge in [-0.3, -0.25) is 0 Å². The molecule has 1 aromatic heterocycles. The molecule has 0 spiro atoms. The summed E-state index contributed by atoms with van der Waals surface area (Å²) in [4.78, 5) is 4.27. The minimum atomic E-state index is -0.308. The summed E-state index contributed by atoms with van der Waals surface area (Å²) in [6, 6.07) is 0. The van der Waals surface area contributed by atoms with Crippen LogP contribution in [0.15, 0.2) is 4.52 Å². The van der Waals surface area contributed by atoms with Gasteiger partial charge < -0.3 is 9.63 Å². The summed E-state index contributed by atoms with van der Waals surface area (Å²) in [5.41, 5.74) is 0. The molecule has 90 valence electrons. The lowest BCUT2D eigenvalue weighted by molar-refractivity contribution is 0.102. The molecule has 0 amide bonds. The molecule has 2 rings (SSSR count). The van der Waals surface area contributed by atoms with Crippen molar-refractivity contribution < 1.29 is 9.63 Å². The van der Waals surface area contributed by atoms with Crippen molar-refractivity contribution in [3.05, 3.63) is 11.7 Å². The van der Waals surface area contributed by atoms with E-state index in [9.17, 15) is 5.11 Å². The molecule has 1 saturated carbocycles. The highest BCUT2D eigenvalue weighted by Crippen LogP contribution is 2.28. The van der Waals surface area contributed by atoms with Crippen LogP contribution in [0, 0.1) is 5.92 Å². The number of aromatic nitrogens is 2. The van der Waals surface area contributed by atoms with Gasteiger partial charge >= 0.3 is 0 Å². The largest absolute Gasteiger partial charge is 0.392 e. The maximum absolute atomic E-state index is 10.0. The lowest BCUT2D eigenvalue weighted by atomic mass is 9.98. The van der Waals surface area contributed by atoms with E-state index in [4.69, 9.17) is 4.52 Å². The van der Waals surface area contributed by atoms with E-state index in [-0.39, 0.29) is 6.10 Å². The van der Waals surface area contributed by atoms with Crippen LogP contribution in [-0.2, 0) is 12.8 Å². The molecule has 1 unspecified atom stereocenters. The van der Waals surface area contributed by atoms with E-state index in [0.717, 1.165) is 31.5 Å². The van der Waals surface area contributed by atoms with Gasteiger partial charge in [0.25, 0.3) is 0 Å². The smallest absolute Gasteiger partial charge is 0.229 e. The Kier molecular flexibility index (Phi) is 3.93. The predicted octanol–water partition coefficient (Wildman–Crippen LogP) is 2.12. The third-order valence-corrected chi connectivity index (χ3v) is 3.31. The van der Waals surface area contributed by atoms with E-state index in [1.54, 1.807) is 0 Å². The Morgan fingerprint density at radius 2 is 2.19 bits per heavy atom. The fraction of sp³-hybridized carbons (Fsp3) is 0.833. The molecule has 4 heteroatoms. The highest BCUT2D eigenvalue weighted by Gasteiger charge is 2.25. The Morgan fingerprint density at radius 1 is 1.44 bits per heavy atom. The minimum Gasteiger partial charge on any atom is -0.392 e. The molecule has 0 saturated heterocycles. The van der Waals surface area contributed by atoms with Crippen molar-refractivity contribution in [1.82, 2.24) is 10.1 Å². The van der Waals surface area contributed by atoms with Gasteiger partial charge in [-0.05, 0) is 25.2 Å². The first kappa shape index (κ1) is 11.6. The number of hydrogen-bond donors (Lipinski definition) is 1. The first-order valence-electron chi connectivity index (χ1n) is 6.29. The predicted molar refractivity (Wildman–Crippen MR) is 60.0 cm³/mol. The third-order valence-electron chi connectivity index (χ3n) is 3.31. The number of nitrogens with zero attached hydrogens (tertiary/aromatic N) is 2. The normalized spacial score (nSPS) is 19.1. The van der Waals surface area contributed by atoms with Crippen molar-refractivity contribution in [3.63, 3.8) is 0 Å². The molecule has 1 aliphatic rings. The van der Waals surface area contributed by atoms with Gasteiger partial charge in [0.2, 0.25) is 5.89 Å². The molecule has 1 N–H and O–H groups in total. The Morgan fingerprint density at radius 3 is 2.88 bits per heavy atom. The van der Waals surface area contributed by atoms with Crippen molar-refractivity contribution in [2.24, 2.45) is 5.92 Å². The van der Waals surface area contributed by atoms with Crippen molar-refractivity contribution in [2.45, 2.75) is 58.0 Å². The second-order valence-electron chi connectivity index (χ2n) is 4.67. The van der Waals surface area contributed by atoms with Crippen LogP contribution in [0.2, 0.25) is 0 Å². The molecule has 1 aliphatic carbocycles. The van der Waals surface area contributed by atoms with E-state index < -0.39 is 0 Å². The van der Waals surface area contributed by atoms with Gasteiger partial charge in [0, 0.05) is 6.42 Å². The van der Waals surface area contributed by atoms with E-state index in [1.165, 1.54) is 12.8 Å². The van der Waals surface area contributed by atoms with Crippen LogP contribution < -0.4 is 0 Å². The zero-order valence-electron chi connectivity index (χ0n) is 9.85. The highest BCUT2D eigenvalue weighted by molar-refractivity contribution is 4.90. The molecule has 16 heavy (non-hydrogen) atoms. The van der Waals surface area contributed by atoms with Gasteiger partial charge in [-0.2, -0.15) is 4.98 Å². The molecule has 1 heterocycles. The van der Waals surface area contributed by atoms with Gasteiger partial charge in [-0.1, -0.05) is 24.9 Å². The zero-order chi connectivity index (χ0) is 11.4. The number of aliphatic hydroxyl groups is 1. The zero-order valence-corrected chi connectivity index (χ0v) is 9.85. The van der Waals surface area contributed by atoms with Gasteiger partial charge in [-0.15, -0.1) is 0 Å². The molecule has 1 fully saturated rings. The Balaban J connectivity index is 1.87. The molecule has 1 aromatic rings. The van der Waals surface area contributed by atoms with Gasteiger partial charge in [0.05, 0.1) is 12.5 Å². The van der Waals surface area contributed by atoms with Crippen LogP contribution in [0.3, 0.4) is 0 Å². The van der Waals surface area contributed by atoms with Crippen LogP contribution in [0.25, 0.3) is 0 Å². The molecule has 0 aromatic carbocycles. The van der Waals surface area contributed by atoms with Gasteiger partial charge in [0.15, 0.2) is 5.82 Å². The second kappa shape index (κ2) is 5.43. The monoisotopic (exact) mass is 224 g/mol. The standard InChI is InChI=1S/C12H20N2O2/c1-2-5-11-13-12(16-14-11)8-10(15)9-6-3-4-7-9/h9-10,15H,2-8H2,1H3. The van der Waals surface area contributed by atoms with Crippen LogP contribution in [0.1, 0.15) is 50.7 Å².